The molecule has 5 rings (SSSR count). The minimum atomic E-state index is -0.521. The third kappa shape index (κ3) is 3.64. The monoisotopic (exact) mass is 476 g/mol. The third-order valence-electron chi connectivity index (χ3n) is 11.4. The number of hydrogen-bond donors (Lipinski definition) is 4. The molecule has 1 aromatic heterocycles. The molecular formula is C27H44N2O5. The molecule has 1 aromatic rings. The molecule has 0 spiro atoms. The molecule has 0 saturated heterocycles. The van der Waals surface area contributed by atoms with Crippen LogP contribution in [0.25, 0.3) is 0 Å². The molecule has 4 aliphatic rings. The first-order valence-electron chi connectivity index (χ1n) is 13.7. The smallest absolute Gasteiger partial charge is 0.393 e. The summed E-state index contributed by atoms with van der Waals surface area (Å²) in [4.78, 5) is 13.9. The summed E-state index contributed by atoms with van der Waals surface area (Å²) >= 11 is 0. The zero-order valence-corrected chi connectivity index (χ0v) is 21.2. The number of nitrogens with zero attached hydrogens (tertiary/aromatic N) is 1. The number of hydrogen-bond acceptors (Lipinski definition) is 6. The lowest BCUT2D eigenvalue weighted by Crippen LogP contribution is -2.62. The van der Waals surface area contributed by atoms with Crippen molar-refractivity contribution in [2.75, 3.05) is 0 Å². The van der Waals surface area contributed by atoms with Crippen LogP contribution in [0.4, 0.5) is 0 Å². The summed E-state index contributed by atoms with van der Waals surface area (Å²) < 4.78 is 4.65. The van der Waals surface area contributed by atoms with Crippen molar-refractivity contribution in [1.29, 1.82) is 0 Å². The molecule has 34 heavy (non-hydrogen) atoms. The molecule has 0 radical (unpaired) electrons. The van der Waals surface area contributed by atoms with Crippen LogP contribution in [0.3, 0.4) is 0 Å². The van der Waals surface area contributed by atoms with Crippen molar-refractivity contribution in [3.63, 3.8) is 0 Å². The van der Waals surface area contributed by atoms with Gasteiger partial charge >= 0.3 is 5.76 Å². The fraction of sp³-hybridized carbons (Fsp3) is 0.926. The number of aryl methyl sites for hydroxylation is 1. The highest BCUT2D eigenvalue weighted by molar-refractivity contribution is 5.15. The number of aliphatic hydroxyl groups excluding tert-OH is 3. The van der Waals surface area contributed by atoms with Gasteiger partial charge in [-0.05, 0) is 97.2 Å². The van der Waals surface area contributed by atoms with Gasteiger partial charge in [-0.25, -0.2) is 4.79 Å². The van der Waals surface area contributed by atoms with E-state index in [-0.39, 0.29) is 52.8 Å². The molecule has 7 nitrogen and oxygen atoms in total. The predicted molar refractivity (Wildman–Crippen MR) is 128 cm³/mol. The zero-order valence-electron chi connectivity index (χ0n) is 21.2. The molecule has 192 valence electrons. The van der Waals surface area contributed by atoms with Gasteiger partial charge in [0, 0.05) is 6.42 Å². The van der Waals surface area contributed by atoms with E-state index in [1.807, 2.05) is 0 Å². The Morgan fingerprint density at radius 1 is 1.09 bits per heavy atom. The number of aromatic nitrogens is 2. The molecule has 7 heteroatoms. The van der Waals surface area contributed by atoms with E-state index >= 15 is 0 Å². The van der Waals surface area contributed by atoms with Crippen molar-refractivity contribution in [2.45, 2.75) is 104 Å². The standard InChI is InChI=1S/C27H44N2O5/c1-5-16-18-12-15(30)8-10-26(18,3)17-9-11-27(4)19(22(17)24(16)32)13-20(31)23(27)14(2)6-7-21-28-25(33)34-29-21/h14-20,22-24,30-32H,5-13H2,1-4H3,(H,28,29,33)/t14-,15-,16-,17?,18+,19+,20+,22-,23+,24-,26-,27+/m1/s1. The lowest BCUT2D eigenvalue weighted by Gasteiger charge is -2.64. The fourth-order valence-corrected chi connectivity index (χ4v) is 9.95. The summed E-state index contributed by atoms with van der Waals surface area (Å²) in [7, 11) is 0. The Morgan fingerprint density at radius 2 is 1.82 bits per heavy atom. The Morgan fingerprint density at radius 3 is 2.50 bits per heavy atom. The largest absolute Gasteiger partial charge is 0.438 e. The van der Waals surface area contributed by atoms with Crippen molar-refractivity contribution < 1.29 is 19.8 Å². The first-order chi connectivity index (χ1) is 16.1. The van der Waals surface area contributed by atoms with Gasteiger partial charge in [0.15, 0.2) is 5.82 Å². The quantitative estimate of drug-likeness (QED) is 0.516. The first-order valence-corrected chi connectivity index (χ1v) is 13.7. The van der Waals surface area contributed by atoms with Crippen molar-refractivity contribution in [1.82, 2.24) is 10.1 Å². The molecule has 1 heterocycles. The molecular weight excluding hydrogens is 432 g/mol. The van der Waals surface area contributed by atoms with Gasteiger partial charge in [-0.3, -0.25) is 9.51 Å². The van der Waals surface area contributed by atoms with Crippen LogP contribution < -0.4 is 5.76 Å². The van der Waals surface area contributed by atoms with Gasteiger partial charge < -0.3 is 15.3 Å². The van der Waals surface area contributed by atoms with Gasteiger partial charge in [0.25, 0.3) is 0 Å². The number of fused-ring (bicyclic) bond motifs is 5. The maximum atomic E-state index is 11.8. The highest BCUT2D eigenvalue weighted by Crippen LogP contribution is 2.69. The summed E-state index contributed by atoms with van der Waals surface area (Å²) in [6.45, 7) is 9.23. The Labute approximate surface area is 202 Å². The molecule has 4 saturated carbocycles. The van der Waals surface area contributed by atoms with Gasteiger partial charge in [-0.15, -0.1) is 0 Å². The number of aliphatic hydroxyl groups is 3. The van der Waals surface area contributed by atoms with Crippen LogP contribution in [-0.2, 0) is 6.42 Å². The van der Waals surface area contributed by atoms with Gasteiger partial charge in [-0.2, -0.15) is 0 Å². The Hall–Kier alpha value is -1.18. The summed E-state index contributed by atoms with van der Waals surface area (Å²) in [6, 6.07) is 0. The average molecular weight is 477 g/mol. The first kappa shape index (κ1) is 24.5. The summed E-state index contributed by atoms with van der Waals surface area (Å²) in [6.07, 6.45) is 7.14. The second-order valence-corrected chi connectivity index (χ2v) is 12.8. The minimum absolute atomic E-state index is 0.00607. The molecule has 4 fully saturated rings. The van der Waals surface area contributed by atoms with E-state index < -0.39 is 5.76 Å². The molecule has 12 atom stereocenters. The normalized spacial score (nSPS) is 49.2. The van der Waals surface area contributed by atoms with Crippen LogP contribution in [0.5, 0.6) is 0 Å². The van der Waals surface area contributed by atoms with Crippen molar-refractivity contribution in [3.8, 4) is 0 Å². The fourth-order valence-electron chi connectivity index (χ4n) is 9.95. The molecule has 4 N–H and O–H groups in total. The van der Waals surface area contributed by atoms with Crippen LogP contribution in [-0.4, -0.2) is 43.8 Å². The number of aromatic amines is 1. The van der Waals surface area contributed by atoms with Crippen molar-refractivity contribution >= 4 is 0 Å². The second-order valence-electron chi connectivity index (χ2n) is 12.8. The van der Waals surface area contributed by atoms with Crippen molar-refractivity contribution in [3.05, 3.63) is 16.4 Å². The SMILES string of the molecule is CC[C@H]1[C@@H](O)[C@@H]2C(CC[C@]3(C)[C@@H]([C@H](C)CCc4noc(=O)[nH]4)[C@@H](O)C[C@@H]23)[C@@]2(C)CC[C@@H](O)C[C@@H]12. The van der Waals surface area contributed by atoms with E-state index in [9.17, 15) is 20.1 Å². The zero-order chi connectivity index (χ0) is 24.4. The topological polar surface area (TPSA) is 120 Å². The van der Waals surface area contributed by atoms with E-state index in [2.05, 4.69) is 42.4 Å². The van der Waals surface area contributed by atoms with E-state index in [1.54, 1.807) is 0 Å². The summed E-state index contributed by atoms with van der Waals surface area (Å²) in [5, 5.41) is 37.5. The second kappa shape index (κ2) is 8.74. The van der Waals surface area contributed by atoms with E-state index in [4.69, 9.17) is 0 Å². The molecule has 0 bridgehead atoms. The van der Waals surface area contributed by atoms with Crippen LogP contribution in [0.1, 0.15) is 84.9 Å². The highest BCUT2D eigenvalue weighted by atomic mass is 16.5. The molecule has 0 aliphatic heterocycles. The number of rotatable bonds is 5. The van der Waals surface area contributed by atoms with Crippen LogP contribution in [0, 0.1) is 52.3 Å². The maximum absolute atomic E-state index is 11.8. The lowest BCUT2D eigenvalue weighted by atomic mass is 9.41. The van der Waals surface area contributed by atoms with Gasteiger partial charge in [0.05, 0.1) is 18.3 Å². The van der Waals surface area contributed by atoms with Gasteiger partial charge in [0.2, 0.25) is 0 Å². The van der Waals surface area contributed by atoms with Crippen LogP contribution in [0.2, 0.25) is 0 Å². The van der Waals surface area contributed by atoms with Crippen LogP contribution in [0.15, 0.2) is 9.32 Å². The molecule has 0 amide bonds. The molecule has 0 aromatic carbocycles. The van der Waals surface area contributed by atoms with Gasteiger partial charge in [-0.1, -0.05) is 39.3 Å². The van der Waals surface area contributed by atoms with Crippen LogP contribution >= 0.6 is 0 Å². The van der Waals surface area contributed by atoms with E-state index in [1.165, 1.54) is 0 Å². The third-order valence-corrected chi connectivity index (χ3v) is 11.4. The maximum Gasteiger partial charge on any atom is 0.438 e. The number of H-pyrrole nitrogens is 1. The Bertz CT molecular complexity index is 930. The van der Waals surface area contributed by atoms with Gasteiger partial charge in [0.1, 0.15) is 0 Å². The number of nitrogens with one attached hydrogen (secondary N) is 1. The molecule has 1 unspecified atom stereocenters. The van der Waals surface area contributed by atoms with Crippen molar-refractivity contribution in [2.24, 2.45) is 52.3 Å². The lowest BCUT2D eigenvalue weighted by molar-refractivity contribution is -0.203. The van der Waals surface area contributed by atoms with E-state index in [0.29, 0.717) is 30.0 Å². The highest BCUT2D eigenvalue weighted by Gasteiger charge is 2.66. The average Bonchev–Trinajstić information content (AvgIpc) is 3.32. The molecule has 4 aliphatic carbocycles. The Balaban J connectivity index is 1.41. The predicted octanol–water partition coefficient (Wildman–Crippen LogP) is 3.53. The van der Waals surface area contributed by atoms with E-state index in [0.717, 1.165) is 51.4 Å². The Kier molecular flexibility index (Phi) is 6.30. The summed E-state index contributed by atoms with van der Waals surface area (Å²) in [5.41, 5.74) is 0.159. The summed E-state index contributed by atoms with van der Waals surface area (Å²) in [5.74, 6) is 2.10. The minimum Gasteiger partial charge on any atom is -0.393 e.